The van der Waals surface area contributed by atoms with Crippen molar-refractivity contribution in [2.24, 2.45) is 0 Å². The first-order chi connectivity index (χ1) is 16.7. The highest BCUT2D eigenvalue weighted by Gasteiger charge is 2.22. The molecule has 0 fully saturated rings. The maximum absolute atomic E-state index is 11.8. The van der Waals surface area contributed by atoms with E-state index in [9.17, 15) is 19.5 Å². The Bertz CT molecular complexity index is 949. The van der Waals surface area contributed by atoms with Gasteiger partial charge in [-0.2, -0.15) is 9.59 Å². The fraction of sp³-hybridized carbons (Fsp3) is 0.462. The second kappa shape index (κ2) is 15.9. The lowest BCUT2D eigenvalue weighted by Crippen LogP contribution is -2.43. The number of alkyl carbamates (subject to hydrolysis) is 2. The van der Waals surface area contributed by atoms with E-state index in [0.29, 0.717) is 13.0 Å². The van der Waals surface area contributed by atoms with Crippen molar-refractivity contribution < 1.29 is 38.6 Å². The van der Waals surface area contributed by atoms with Gasteiger partial charge < -0.3 is 25.2 Å². The fourth-order valence-corrected chi connectivity index (χ4v) is 2.57. The molecule has 1 aromatic rings. The number of carboxylic acid groups (broad SMARTS) is 1. The number of hydrogen-bond acceptors (Lipinski definition) is 7. The number of amides is 2. The van der Waals surface area contributed by atoms with E-state index >= 15 is 0 Å². The van der Waals surface area contributed by atoms with Crippen LogP contribution in [0.3, 0.4) is 0 Å². The van der Waals surface area contributed by atoms with E-state index in [1.807, 2.05) is 57.2 Å². The third-order valence-corrected chi connectivity index (χ3v) is 3.87. The Morgan fingerprint density at radius 1 is 0.944 bits per heavy atom. The van der Waals surface area contributed by atoms with Gasteiger partial charge in [0, 0.05) is 6.54 Å². The molecule has 0 aliphatic rings. The summed E-state index contributed by atoms with van der Waals surface area (Å²) in [5, 5.41) is 14.4. The van der Waals surface area contributed by atoms with Crippen molar-refractivity contribution in [3.63, 3.8) is 0 Å². The summed E-state index contributed by atoms with van der Waals surface area (Å²) in [5.74, 6) is -1.14. The van der Waals surface area contributed by atoms with E-state index in [1.54, 1.807) is 32.9 Å². The van der Waals surface area contributed by atoms with Crippen LogP contribution in [0.4, 0.5) is 9.59 Å². The summed E-state index contributed by atoms with van der Waals surface area (Å²) in [5.41, 5.74) is 0.633. The van der Waals surface area contributed by atoms with Gasteiger partial charge in [0.2, 0.25) is 0 Å². The Kier molecular flexibility index (Phi) is 14.2. The lowest BCUT2D eigenvalue weighted by molar-refractivity contribution is -0.191. The number of carbonyl (C=O) groups is 3. The van der Waals surface area contributed by atoms with E-state index in [4.69, 9.17) is 19.1 Å². The molecule has 3 N–H and O–H groups in total. The van der Waals surface area contributed by atoms with Crippen molar-refractivity contribution in [2.45, 2.75) is 71.6 Å². The highest BCUT2D eigenvalue weighted by Crippen LogP contribution is 2.11. The average Bonchev–Trinajstić information content (AvgIpc) is 2.71. The number of carboxylic acids is 1. The quantitative estimate of drug-likeness (QED) is 0.419. The second-order valence-corrected chi connectivity index (χ2v) is 9.55. The number of ether oxygens (including phenoxy) is 2. The van der Waals surface area contributed by atoms with Gasteiger partial charge in [0.15, 0.2) is 0 Å². The van der Waals surface area contributed by atoms with Crippen LogP contribution in [0.1, 0.15) is 65.5 Å². The summed E-state index contributed by atoms with van der Waals surface area (Å²) in [6.45, 7) is 11.0. The summed E-state index contributed by atoms with van der Waals surface area (Å²) < 4.78 is 10.3. The third-order valence-electron chi connectivity index (χ3n) is 3.87. The molecule has 1 atom stereocenters. The summed E-state index contributed by atoms with van der Waals surface area (Å²) in [7, 11) is 0. The average molecular weight is 505 g/mol. The predicted molar refractivity (Wildman–Crippen MR) is 134 cm³/mol. The topological polar surface area (TPSA) is 148 Å². The van der Waals surface area contributed by atoms with Gasteiger partial charge in [0.25, 0.3) is 0 Å². The molecule has 0 saturated heterocycles. The third kappa shape index (κ3) is 17.6. The molecule has 1 rings (SSSR count). The minimum atomic E-state index is -1.14. The van der Waals surface area contributed by atoms with Crippen LogP contribution in [0.25, 0.3) is 12.2 Å². The summed E-state index contributed by atoms with van der Waals surface area (Å²) in [6, 6.07) is 6.60. The minimum Gasteiger partial charge on any atom is -0.480 e. The molecule has 1 aromatic carbocycles. The Morgan fingerprint density at radius 2 is 1.44 bits per heavy atom. The number of benzene rings is 1. The SMILES string of the molecule is CC(C)(C)OC(=O)NCCC=Cc1cccc(C=CC[C@H](NC(=O)OC(C)(C)C)C(=O)O)c1.O=C=O. The number of carbonyl (C=O) groups excluding carboxylic acids is 4. The maximum atomic E-state index is 11.8. The van der Waals surface area contributed by atoms with Crippen LogP contribution >= 0.6 is 0 Å². The second-order valence-electron chi connectivity index (χ2n) is 9.55. The monoisotopic (exact) mass is 504 g/mol. The standard InChI is InChI=1S/C25H36N2O6.CO2/c1-24(2,3)32-22(30)26-16-8-7-11-18-12-9-13-19(17-18)14-10-15-20(21(28)29)27-23(31)33-25(4,5)6;2-1-3/h7,9-14,17,20H,8,15-16H2,1-6H3,(H,26,30)(H,27,31)(H,28,29);/t20-;/m0./s1. The molecule has 2 amide bonds. The van der Waals surface area contributed by atoms with Crippen molar-refractivity contribution in [3.05, 3.63) is 47.5 Å². The molecule has 0 bridgehead atoms. The molecule has 10 nitrogen and oxygen atoms in total. The minimum absolute atomic E-state index is 0.116. The molecule has 198 valence electrons. The molecule has 0 aliphatic heterocycles. The normalized spacial score (nSPS) is 12.2. The van der Waals surface area contributed by atoms with Crippen LogP contribution in [-0.4, -0.2) is 53.2 Å². The molecule has 0 heterocycles. The van der Waals surface area contributed by atoms with Crippen LogP contribution in [0.2, 0.25) is 0 Å². The van der Waals surface area contributed by atoms with Gasteiger partial charge in [0.05, 0.1) is 0 Å². The van der Waals surface area contributed by atoms with Crippen LogP contribution < -0.4 is 10.6 Å². The first-order valence-electron chi connectivity index (χ1n) is 11.3. The van der Waals surface area contributed by atoms with Crippen LogP contribution in [-0.2, 0) is 23.9 Å². The van der Waals surface area contributed by atoms with Gasteiger partial charge in [0.1, 0.15) is 17.2 Å². The molecular formula is C26H36N2O8. The van der Waals surface area contributed by atoms with Gasteiger partial charge in [-0.3, -0.25) is 0 Å². The van der Waals surface area contributed by atoms with Gasteiger partial charge in [-0.1, -0.05) is 42.5 Å². The van der Waals surface area contributed by atoms with Crippen LogP contribution in [0.5, 0.6) is 0 Å². The van der Waals surface area contributed by atoms with Gasteiger partial charge in [-0.25, -0.2) is 14.4 Å². The van der Waals surface area contributed by atoms with E-state index in [0.717, 1.165) is 11.1 Å². The zero-order valence-electron chi connectivity index (χ0n) is 21.6. The van der Waals surface area contributed by atoms with Crippen LogP contribution in [0, 0.1) is 0 Å². The van der Waals surface area contributed by atoms with Crippen molar-refractivity contribution in [1.82, 2.24) is 10.6 Å². The van der Waals surface area contributed by atoms with Crippen molar-refractivity contribution >= 4 is 36.5 Å². The summed E-state index contributed by atoms with van der Waals surface area (Å²) in [4.78, 5) is 51.1. The van der Waals surface area contributed by atoms with Crippen molar-refractivity contribution in [1.29, 1.82) is 0 Å². The number of nitrogens with one attached hydrogen (secondary N) is 2. The smallest absolute Gasteiger partial charge is 0.408 e. The first-order valence-corrected chi connectivity index (χ1v) is 11.3. The maximum Gasteiger partial charge on any atom is 0.408 e. The van der Waals surface area contributed by atoms with E-state index in [-0.39, 0.29) is 12.6 Å². The van der Waals surface area contributed by atoms with E-state index in [1.165, 1.54) is 0 Å². The summed E-state index contributed by atoms with van der Waals surface area (Å²) in [6.07, 6.45) is 7.20. The molecule has 0 unspecified atom stereocenters. The highest BCUT2D eigenvalue weighted by atomic mass is 16.6. The zero-order valence-corrected chi connectivity index (χ0v) is 21.6. The largest absolute Gasteiger partial charge is 0.480 e. The molecule has 0 aromatic heterocycles. The Morgan fingerprint density at radius 3 is 1.94 bits per heavy atom. The molecule has 36 heavy (non-hydrogen) atoms. The zero-order chi connectivity index (χ0) is 27.8. The fourth-order valence-electron chi connectivity index (χ4n) is 2.57. The molecule has 0 radical (unpaired) electrons. The Balaban J connectivity index is 0.00000387. The van der Waals surface area contributed by atoms with Crippen LogP contribution in [0.15, 0.2) is 36.4 Å². The summed E-state index contributed by atoms with van der Waals surface area (Å²) >= 11 is 0. The van der Waals surface area contributed by atoms with Gasteiger partial charge >= 0.3 is 24.3 Å². The van der Waals surface area contributed by atoms with E-state index < -0.39 is 35.4 Å². The van der Waals surface area contributed by atoms with Crippen molar-refractivity contribution in [3.8, 4) is 0 Å². The van der Waals surface area contributed by atoms with Crippen molar-refractivity contribution in [2.75, 3.05) is 6.54 Å². The number of rotatable bonds is 9. The molecule has 0 saturated carbocycles. The predicted octanol–water partition coefficient (Wildman–Crippen LogP) is 4.41. The Labute approximate surface area is 211 Å². The lowest BCUT2D eigenvalue weighted by Gasteiger charge is -2.21. The lowest BCUT2D eigenvalue weighted by atomic mass is 10.1. The van der Waals surface area contributed by atoms with E-state index in [2.05, 4.69) is 10.6 Å². The highest BCUT2D eigenvalue weighted by molar-refractivity contribution is 5.80. The molecule has 10 heteroatoms. The molecule has 0 aliphatic carbocycles. The number of aliphatic carboxylic acids is 1. The molecular weight excluding hydrogens is 468 g/mol. The van der Waals surface area contributed by atoms with Gasteiger partial charge in [-0.05, 0) is 71.6 Å². The number of hydrogen-bond donors (Lipinski definition) is 3. The van der Waals surface area contributed by atoms with Gasteiger partial charge in [-0.15, -0.1) is 0 Å². The molecule has 0 spiro atoms. The Hall–Kier alpha value is -3.91. The first kappa shape index (κ1) is 32.1.